The fraction of sp³-hybridized carbons (Fsp3) is 0.368. The predicted octanol–water partition coefficient (Wildman–Crippen LogP) is 2.51. The lowest BCUT2D eigenvalue weighted by molar-refractivity contribution is -0.106. The number of nitrogens with zero attached hydrogens (tertiary/aromatic N) is 2. The number of phenols is 2. The molecule has 1 atom stereocenters. The van der Waals surface area contributed by atoms with Crippen LogP contribution in [0.2, 0.25) is 0 Å². The summed E-state index contributed by atoms with van der Waals surface area (Å²) in [5.41, 5.74) is -1.04. The lowest BCUT2D eigenvalue weighted by Gasteiger charge is -2.22. The Kier molecular flexibility index (Phi) is 7.00. The van der Waals surface area contributed by atoms with Gasteiger partial charge < -0.3 is 19.7 Å². The van der Waals surface area contributed by atoms with Crippen molar-refractivity contribution in [3.05, 3.63) is 24.0 Å². The molecule has 8 nitrogen and oxygen atoms in total. The minimum atomic E-state index is -1.96. The molecule has 10 heteroatoms. The van der Waals surface area contributed by atoms with Crippen LogP contribution in [0.1, 0.15) is 20.3 Å². The van der Waals surface area contributed by atoms with Crippen LogP contribution in [0.4, 0.5) is 10.1 Å². The Morgan fingerprint density at radius 1 is 1.34 bits per heavy atom. The van der Waals surface area contributed by atoms with Crippen LogP contribution >= 0.6 is 0 Å². The van der Waals surface area contributed by atoms with Gasteiger partial charge in [0.25, 0.3) is 0 Å². The molecule has 0 saturated carbocycles. The van der Waals surface area contributed by atoms with E-state index in [1.165, 1.54) is 25.2 Å². The molecule has 3 N–H and O–H groups in total. The van der Waals surface area contributed by atoms with Crippen LogP contribution in [-0.4, -0.2) is 40.9 Å². The highest BCUT2D eigenvalue weighted by Gasteiger charge is 2.24. The molecule has 0 radical (unpaired) electrons. The molecule has 0 heterocycles. The van der Waals surface area contributed by atoms with Crippen LogP contribution in [0.25, 0.3) is 10.8 Å². The topological polar surface area (TPSA) is 123 Å². The van der Waals surface area contributed by atoms with Crippen molar-refractivity contribution in [2.45, 2.75) is 20.3 Å². The minimum Gasteiger partial charge on any atom is -0.506 e. The minimum absolute atomic E-state index is 0.00143. The van der Waals surface area contributed by atoms with E-state index < -0.39 is 40.4 Å². The highest BCUT2D eigenvalue weighted by Crippen LogP contribution is 2.41. The number of hydrogen-bond donors (Lipinski definition) is 3. The first-order valence-corrected chi connectivity index (χ1v) is 9.78. The van der Waals surface area contributed by atoms with E-state index in [1.54, 1.807) is 13.8 Å². The standard InChI is InChI=1S/C19H22FN3O5S/c1-19(2,11-21)4-7-28-16-10-13-12(8-14(16)25)9-15(26)18(17(13)20)23(5-6-24)29(27)22-3/h6,8-10,22,25-26H,4-5,7H2,1-3H3. The van der Waals surface area contributed by atoms with Gasteiger partial charge in [-0.25, -0.2) is 13.3 Å². The van der Waals surface area contributed by atoms with E-state index in [9.17, 15) is 19.2 Å². The van der Waals surface area contributed by atoms with Gasteiger partial charge in [-0.15, -0.1) is 0 Å². The van der Waals surface area contributed by atoms with Gasteiger partial charge in [-0.05, 0) is 50.9 Å². The zero-order valence-electron chi connectivity index (χ0n) is 16.2. The molecular weight excluding hydrogens is 401 g/mol. The van der Waals surface area contributed by atoms with Gasteiger partial charge >= 0.3 is 0 Å². The van der Waals surface area contributed by atoms with Crippen molar-refractivity contribution < 1.29 is 28.3 Å². The molecule has 1 unspecified atom stereocenters. The van der Waals surface area contributed by atoms with Crippen LogP contribution in [-0.2, 0) is 16.0 Å². The summed E-state index contributed by atoms with van der Waals surface area (Å²) in [4.78, 5) is 10.9. The van der Waals surface area contributed by atoms with E-state index in [2.05, 4.69) is 10.8 Å². The first-order valence-electron chi connectivity index (χ1n) is 8.68. The summed E-state index contributed by atoms with van der Waals surface area (Å²) in [5.74, 6) is -1.72. The number of carbonyl (C=O) groups is 1. The van der Waals surface area contributed by atoms with Gasteiger partial charge in [-0.1, -0.05) is 0 Å². The predicted molar refractivity (Wildman–Crippen MR) is 107 cm³/mol. The lowest BCUT2D eigenvalue weighted by atomic mass is 9.92. The highest BCUT2D eigenvalue weighted by atomic mass is 32.2. The van der Waals surface area contributed by atoms with Crippen molar-refractivity contribution in [1.82, 2.24) is 4.72 Å². The number of anilines is 1. The van der Waals surface area contributed by atoms with Gasteiger partial charge in [0.05, 0.1) is 24.6 Å². The van der Waals surface area contributed by atoms with Gasteiger partial charge in [0.2, 0.25) is 0 Å². The summed E-state index contributed by atoms with van der Waals surface area (Å²) in [7, 11) is 1.36. The molecule has 0 aliphatic rings. The molecule has 0 aliphatic carbocycles. The van der Waals surface area contributed by atoms with Gasteiger partial charge in [0.15, 0.2) is 28.5 Å². The summed E-state index contributed by atoms with van der Waals surface area (Å²) in [6.45, 7) is 3.19. The molecule has 0 bridgehead atoms. The summed E-state index contributed by atoms with van der Waals surface area (Å²) < 4.78 is 36.1. The number of carbonyl (C=O) groups excluding carboxylic acids is 1. The molecule has 2 aromatic rings. The molecule has 0 aliphatic heterocycles. The summed E-state index contributed by atoms with van der Waals surface area (Å²) in [6, 6.07) is 5.81. The number of aldehydes is 1. The normalized spacial score (nSPS) is 12.4. The average Bonchev–Trinajstić information content (AvgIpc) is 2.67. The van der Waals surface area contributed by atoms with E-state index in [-0.39, 0.29) is 28.9 Å². The molecule has 156 valence electrons. The van der Waals surface area contributed by atoms with Crippen molar-refractivity contribution in [3.63, 3.8) is 0 Å². The quantitative estimate of drug-likeness (QED) is 0.533. The number of benzene rings is 2. The maximum absolute atomic E-state index is 15.2. The highest BCUT2D eigenvalue weighted by molar-refractivity contribution is 7.84. The number of nitrogens with one attached hydrogen (secondary N) is 1. The van der Waals surface area contributed by atoms with Gasteiger partial charge in [-0.3, -0.25) is 4.31 Å². The summed E-state index contributed by atoms with van der Waals surface area (Å²) >= 11 is -1.96. The van der Waals surface area contributed by atoms with E-state index in [4.69, 9.17) is 10.00 Å². The SMILES string of the molecule is CNS(=O)N(CC=O)c1c(O)cc2cc(O)c(OCCC(C)(C)C#N)cc2c1F. The molecule has 0 amide bonds. The Morgan fingerprint density at radius 2 is 2.00 bits per heavy atom. The molecule has 0 saturated heterocycles. The molecule has 2 rings (SSSR count). The monoisotopic (exact) mass is 423 g/mol. The van der Waals surface area contributed by atoms with Crippen LogP contribution < -0.4 is 13.8 Å². The zero-order chi connectivity index (χ0) is 21.8. The third-order valence-corrected chi connectivity index (χ3v) is 5.34. The Balaban J connectivity index is 2.50. The molecule has 2 aromatic carbocycles. The number of halogens is 1. The summed E-state index contributed by atoms with van der Waals surface area (Å²) in [6.07, 6.45) is 0.819. The number of rotatable bonds is 9. The van der Waals surface area contributed by atoms with Crippen molar-refractivity contribution >= 4 is 33.9 Å². The number of nitriles is 1. The van der Waals surface area contributed by atoms with Crippen LogP contribution in [0.5, 0.6) is 17.2 Å². The summed E-state index contributed by atoms with van der Waals surface area (Å²) in [5, 5.41) is 29.6. The van der Waals surface area contributed by atoms with Gasteiger partial charge in [-0.2, -0.15) is 5.26 Å². The van der Waals surface area contributed by atoms with Crippen LogP contribution in [0, 0.1) is 22.6 Å². The number of fused-ring (bicyclic) bond motifs is 1. The molecule has 0 fully saturated rings. The second-order valence-corrected chi connectivity index (χ2v) is 8.22. The largest absolute Gasteiger partial charge is 0.506 e. The molecule has 29 heavy (non-hydrogen) atoms. The van der Waals surface area contributed by atoms with Gasteiger partial charge in [0.1, 0.15) is 17.7 Å². The zero-order valence-corrected chi connectivity index (χ0v) is 17.0. The molecule has 0 aromatic heterocycles. The average molecular weight is 423 g/mol. The fourth-order valence-electron chi connectivity index (χ4n) is 2.59. The number of phenolic OH excluding ortho intramolecular Hbond substituents is 2. The van der Waals surface area contributed by atoms with E-state index in [0.717, 1.165) is 4.31 Å². The van der Waals surface area contributed by atoms with E-state index in [1.807, 2.05) is 0 Å². The second-order valence-electron chi connectivity index (χ2n) is 6.87. The molecule has 0 spiro atoms. The van der Waals surface area contributed by atoms with Crippen molar-refractivity contribution in [3.8, 4) is 23.3 Å². The smallest absolute Gasteiger partial charge is 0.196 e. The van der Waals surface area contributed by atoms with Crippen molar-refractivity contribution in [2.75, 3.05) is 24.5 Å². The second kappa shape index (κ2) is 9.07. The van der Waals surface area contributed by atoms with Gasteiger partial charge in [0, 0.05) is 5.39 Å². The number of ether oxygens (including phenoxy) is 1. The van der Waals surface area contributed by atoms with Crippen molar-refractivity contribution in [1.29, 1.82) is 5.26 Å². The van der Waals surface area contributed by atoms with Crippen molar-refractivity contribution in [2.24, 2.45) is 5.41 Å². The maximum Gasteiger partial charge on any atom is 0.196 e. The third kappa shape index (κ3) is 4.93. The van der Waals surface area contributed by atoms with Crippen LogP contribution in [0.15, 0.2) is 18.2 Å². The Hall–Kier alpha value is -2.90. The maximum atomic E-state index is 15.2. The molecular formula is C19H22FN3O5S. The Morgan fingerprint density at radius 3 is 2.59 bits per heavy atom. The first kappa shape index (κ1) is 22.4. The fourth-order valence-corrected chi connectivity index (χ4v) is 3.35. The number of aromatic hydroxyl groups is 2. The third-order valence-electron chi connectivity index (χ3n) is 4.26. The number of hydrogen-bond acceptors (Lipinski definition) is 6. The lowest BCUT2D eigenvalue weighted by Crippen LogP contribution is -2.35. The Labute approximate surface area is 170 Å². The van der Waals surface area contributed by atoms with Crippen LogP contribution in [0.3, 0.4) is 0 Å². The van der Waals surface area contributed by atoms with E-state index >= 15 is 4.39 Å². The van der Waals surface area contributed by atoms with E-state index in [0.29, 0.717) is 12.7 Å². The Bertz CT molecular complexity index is 990. The first-order chi connectivity index (χ1) is 13.6.